The zero-order chi connectivity index (χ0) is 15.4. The monoisotopic (exact) mass is 400 g/mol. The van der Waals surface area contributed by atoms with E-state index < -0.39 is 0 Å². The maximum atomic E-state index is 5.85. The van der Waals surface area contributed by atoms with Gasteiger partial charge in [0.1, 0.15) is 5.75 Å². The summed E-state index contributed by atoms with van der Waals surface area (Å²) in [6.07, 6.45) is 0.823. The summed E-state index contributed by atoms with van der Waals surface area (Å²) in [6.45, 7) is 4.85. The Morgan fingerprint density at radius 1 is 0.909 bits per heavy atom. The van der Waals surface area contributed by atoms with E-state index in [0.29, 0.717) is 6.61 Å². The lowest BCUT2D eigenvalue weighted by Crippen LogP contribution is -1.99. The van der Waals surface area contributed by atoms with E-state index in [-0.39, 0.29) is 0 Å². The van der Waals surface area contributed by atoms with E-state index >= 15 is 0 Å². The first-order chi connectivity index (χ1) is 10.7. The SMILES string of the molecule is C=C(CCOc1ccccc1I)c1ccc2ccccc2c1. The standard InChI is InChI=1S/C20H17IO/c1-15(12-13-22-20-9-5-4-8-19(20)21)17-11-10-16-6-2-3-7-18(16)14-17/h2-11,14H,1,12-13H2. The lowest BCUT2D eigenvalue weighted by molar-refractivity contribution is 0.325. The van der Waals surface area contributed by atoms with Crippen molar-refractivity contribution in [3.05, 3.63) is 82.4 Å². The Morgan fingerprint density at radius 2 is 1.64 bits per heavy atom. The summed E-state index contributed by atoms with van der Waals surface area (Å²) in [6, 6.07) is 22.9. The van der Waals surface area contributed by atoms with Crippen molar-refractivity contribution in [2.24, 2.45) is 0 Å². The van der Waals surface area contributed by atoms with Gasteiger partial charge in [0.15, 0.2) is 0 Å². The Morgan fingerprint density at radius 3 is 2.45 bits per heavy atom. The van der Waals surface area contributed by atoms with Crippen LogP contribution in [0.5, 0.6) is 5.75 Å². The first-order valence-corrected chi connectivity index (χ1v) is 8.36. The van der Waals surface area contributed by atoms with Crippen LogP contribution in [0.25, 0.3) is 16.3 Å². The molecule has 3 aromatic carbocycles. The number of rotatable bonds is 5. The number of benzene rings is 3. The van der Waals surface area contributed by atoms with Gasteiger partial charge in [0.25, 0.3) is 0 Å². The topological polar surface area (TPSA) is 9.23 Å². The molecule has 0 amide bonds. The van der Waals surface area contributed by atoms with Crippen molar-refractivity contribution in [2.75, 3.05) is 6.61 Å². The Labute approximate surface area is 144 Å². The molecule has 2 heteroatoms. The van der Waals surface area contributed by atoms with Crippen LogP contribution >= 0.6 is 22.6 Å². The molecule has 0 fully saturated rings. The van der Waals surface area contributed by atoms with Crippen LogP contribution in [0, 0.1) is 3.57 Å². The quantitative estimate of drug-likeness (QED) is 0.483. The molecular weight excluding hydrogens is 383 g/mol. The molecule has 0 spiro atoms. The molecule has 0 aliphatic rings. The average Bonchev–Trinajstić information content (AvgIpc) is 2.56. The Balaban J connectivity index is 1.65. The third-order valence-corrected chi connectivity index (χ3v) is 4.55. The largest absolute Gasteiger partial charge is 0.492 e. The lowest BCUT2D eigenvalue weighted by Gasteiger charge is -2.10. The van der Waals surface area contributed by atoms with Gasteiger partial charge in [-0.15, -0.1) is 0 Å². The highest BCUT2D eigenvalue weighted by Crippen LogP contribution is 2.24. The van der Waals surface area contributed by atoms with Gasteiger partial charge in [-0.1, -0.05) is 55.1 Å². The predicted molar refractivity (Wildman–Crippen MR) is 102 cm³/mol. The van der Waals surface area contributed by atoms with E-state index in [2.05, 4.69) is 71.6 Å². The summed E-state index contributed by atoms with van der Waals surface area (Å²) in [5, 5.41) is 2.51. The van der Waals surface area contributed by atoms with Gasteiger partial charge in [-0.3, -0.25) is 0 Å². The van der Waals surface area contributed by atoms with Crippen LogP contribution in [0.4, 0.5) is 0 Å². The highest BCUT2D eigenvalue weighted by molar-refractivity contribution is 14.1. The van der Waals surface area contributed by atoms with Crippen molar-refractivity contribution in [3.63, 3.8) is 0 Å². The zero-order valence-electron chi connectivity index (χ0n) is 12.3. The molecule has 0 aromatic heterocycles. The summed E-state index contributed by atoms with van der Waals surface area (Å²) in [5.41, 5.74) is 2.29. The Kier molecular flexibility index (Phi) is 4.78. The van der Waals surface area contributed by atoms with E-state index in [1.54, 1.807) is 0 Å². The predicted octanol–water partition coefficient (Wildman–Crippen LogP) is 5.93. The number of halogens is 1. The molecule has 0 aliphatic carbocycles. The van der Waals surface area contributed by atoms with E-state index in [0.717, 1.165) is 21.3 Å². The highest BCUT2D eigenvalue weighted by Gasteiger charge is 2.03. The molecule has 3 rings (SSSR count). The van der Waals surface area contributed by atoms with Crippen LogP contribution < -0.4 is 4.74 Å². The first-order valence-electron chi connectivity index (χ1n) is 7.28. The summed E-state index contributed by atoms with van der Waals surface area (Å²) >= 11 is 2.29. The molecule has 0 bridgehead atoms. The van der Waals surface area contributed by atoms with Gasteiger partial charge in [0, 0.05) is 6.42 Å². The number of hydrogen-bond acceptors (Lipinski definition) is 1. The van der Waals surface area contributed by atoms with E-state index in [9.17, 15) is 0 Å². The smallest absolute Gasteiger partial charge is 0.132 e. The van der Waals surface area contributed by atoms with Crippen LogP contribution in [0.1, 0.15) is 12.0 Å². The fraction of sp³-hybridized carbons (Fsp3) is 0.100. The van der Waals surface area contributed by atoms with Gasteiger partial charge >= 0.3 is 0 Å². The maximum absolute atomic E-state index is 5.85. The molecule has 0 aliphatic heterocycles. The molecule has 0 heterocycles. The van der Waals surface area contributed by atoms with Gasteiger partial charge in [-0.2, -0.15) is 0 Å². The van der Waals surface area contributed by atoms with Gasteiger partial charge in [0.05, 0.1) is 10.2 Å². The van der Waals surface area contributed by atoms with Crippen molar-refractivity contribution in [1.29, 1.82) is 0 Å². The normalized spacial score (nSPS) is 10.6. The molecular formula is C20H17IO. The minimum atomic E-state index is 0.645. The lowest BCUT2D eigenvalue weighted by atomic mass is 10.0. The van der Waals surface area contributed by atoms with Gasteiger partial charge < -0.3 is 4.74 Å². The summed E-state index contributed by atoms with van der Waals surface area (Å²) < 4.78 is 6.98. The molecule has 3 aromatic rings. The molecule has 1 nitrogen and oxygen atoms in total. The molecule has 0 saturated heterocycles. The summed E-state index contributed by atoms with van der Waals surface area (Å²) in [5.74, 6) is 0.939. The van der Waals surface area contributed by atoms with Crippen LogP contribution in [0.2, 0.25) is 0 Å². The van der Waals surface area contributed by atoms with Crippen LogP contribution in [0.3, 0.4) is 0 Å². The van der Waals surface area contributed by atoms with E-state index in [1.165, 1.54) is 16.3 Å². The third-order valence-electron chi connectivity index (χ3n) is 3.66. The second-order valence-corrected chi connectivity index (χ2v) is 6.36. The summed E-state index contributed by atoms with van der Waals surface area (Å²) in [4.78, 5) is 0. The van der Waals surface area contributed by atoms with Gasteiger partial charge in [-0.25, -0.2) is 0 Å². The number of ether oxygens (including phenoxy) is 1. The van der Waals surface area contributed by atoms with Crippen molar-refractivity contribution >= 4 is 38.9 Å². The summed E-state index contributed by atoms with van der Waals surface area (Å²) in [7, 11) is 0. The van der Waals surface area contributed by atoms with E-state index in [1.807, 2.05) is 24.3 Å². The van der Waals surface area contributed by atoms with Crippen molar-refractivity contribution < 1.29 is 4.74 Å². The fourth-order valence-electron chi connectivity index (χ4n) is 2.40. The molecule has 22 heavy (non-hydrogen) atoms. The van der Waals surface area contributed by atoms with Crippen LogP contribution in [-0.2, 0) is 0 Å². The number of para-hydroxylation sites is 1. The third kappa shape index (κ3) is 3.50. The maximum Gasteiger partial charge on any atom is 0.132 e. The zero-order valence-corrected chi connectivity index (χ0v) is 14.4. The second-order valence-electron chi connectivity index (χ2n) is 5.19. The minimum absolute atomic E-state index is 0.645. The van der Waals surface area contributed by atoms with Crippen LogP contribution in [0.15, 0.2) is 73.3 Å². The Hall–Kier alpha value is -1.81. The van der Waals surface area contributed by atoms with E-state index in [4.69, 9.17) is 4.74 Å². The second kappa shape index (κ2) is 6.97. The highest BCUT2D eigenvalue weighted by atomic mass is 127. The number of hydrogen-bond donors (Lipinski definition) is 0. The molecule has 0 unspecified atom stereocenters. The van der Waals surface area contributed by atoms with Gasteiger partial charge in [-0.05, 0) is 62.7 Å². The Bertz CT molecular complexity index is 807. The minimum Gasteiger partial charge on any atom is -0.492 e. The van der Waals surface area contributed by atoms with Crippen LogP contribution in [-0.4, -0.2) is 6.61 Å². The average molecular weight is 400 g/mol. The molecule has 0 atom stereocenters. The molecule has 0 saturated carbocycles. The number of fused-ring (bicyclic) bond motifs is 1. The first kappa shape index (κ1) is 15.1. The molecule has 0 radical (unpaired) electrons. The van der Waals surface area contributed by atoms with Gasteiger partial charge in [0.2, 0.25) is 0 Å². The molecule has 110 valence electrons. The van der Waals surface area contributed by atoms with Crippen molar-refractivity contribution in [3.8, 4) is 5.75 Å². The molecule has 0 N–H and O–H groups in total. The van der Waals surface area contributed by atoms with Crippen molar-refractivity contribution in [1.82, 2.24) is 0 Å². The fourth-order valence-corrected chi connectivity index (χ4v) is 2.94. The van der Waals surface area contributed by atoms with Crippen molar-refractivity contribution in [2.45, 2.75) is 6.42 Å².